The van der Waals surface area contributed by atoms with E-state index in [0.29, 0.717) is 5.57 Å². The number of Topliss-reactive ketones (excluding diaryl/α,β-unsaturated/α-hetero) is 1. The van der Waals surface area contributed by atoms with Gasteiger partial charge in [-0.05, 0) is 13.3 Å². The van der Waals surface area contributed by atoms with Gasteiger partial charge in [-0.25, -0.2) is 4.79 Å². The van der Waals surface area contributed by atoms with E-state index in [1.54, 1.807) is 0 Å². The van der Waals surface area contributed by atoms with Crippen LogP contribution in [0.2, 0.25) is 0 Å². The van der Waals surface area contributed by atoms with Gasteiger partial charge in [0.1, 0.15) is 18.0 Å². The lowest BCUT2D eigenvalue weighted by molar-refractivity contribution is -0.220. The molecule has 1 aliphatic carbocycles. The number of carbonyl (C=O) groups is 2. The van der Waals surface area contributed by atoms with Crippen molar-refractivity contribution in [3.63, 3.8) is 0 Å². The molecule has 0 spiro atoms. The number of hydrogen-bond acceptors (Lipinski definition) is 6. The minimum absolute atomic E-state index is 0.0223. The van der Waals surface area contributed by atoms with Crippen molar-refractivity contribution in [1.29, 1.82) is 0 Å². The number of aliphatic hydroxyl groups is 1. The van der Waals surface area contributed by atoms with Gasteiger partial charge >= 0.3 is 5.97 Å². The molecule has 0 aromatic heterocycles. The van der Waals surface area contributed by atoms with Gasteiger partial charge in [-0.1, -0.05) is 0 Å². The van der Waals surface area contributed by atoms with Crippen LogP contribution >= 0.6 is 0 Å². The molecule has 0 amide bonds. The lowest BCUT2D eigenvalue weighted by Gasteiger charge is -2.41. The first kappa shape index (κ1) is 13.2. The molecule has 1 aliphatic heterocycles. The Hall–Kier alpha value is -1.24. The van der Waals surface area contributed by atoms with Gasteiger partial charge in [0.15, 0.2) is 0 Å². The largest absolute Gasteiger partial charge is 0.458 e. The fourth-order valence-electron chi connectivity index (χ4n) is 2.75. The van der Waals surface area contributed by atoms with E-state index in [4.69, 9.17) is 14.2 Å². The highest BCUT2D eigenvalue weighted by Crippen LogP contribution is 2.44. The fourth-order valence-corrected chi connectivity index (χ4v) is 2.75. The summed E-state index contributed by atoms with van der Waals surface area (Å²) in [6, 6.07) is 0. The van der Waals surface area contributed by atoms with Crippen LogP contribution in [0.5, 0.6) is 0 Å². The number of carbonyl (C=O) groups excluding carboxylic acids is 2. The van der Waals surface area contributed by atoms with E-state index in [1.165, 1.54) is 21.1 Å². The van der Waals surface area contributed by atoms with E-state index < -0.39 is 23.8 Å². The molecule has 0 saturated heterocycles. The molecular formula is C12H16O6. The monoisotopic (exact) mass is 256 g/mol. The summed E-state index contributed by atoms with van der Waals surface area (Å²) in [6.07, 6.45) is -0.717. The SMILES string of the molecule is COC1(OC)C2=C(COC2=O)[C@H](O)C[C@H]1C(C)=O. The first-order valence-corrected chi connectivity index (χ1v) is 5.67. The highest BCUT2D eigenvalue weighted by atomic mass is 16.7. The Labute approximate surface area is 105 Å². The highest BCUT2D eigenvalue weighted by Gasteiger charge is 2.56. The predicted molar refractivity (Wildman–Crippen MR) is 59.5 cm³/mol. The van der Waals surface area contributed by atoms with Crippen LogP contribution in [0.15, 0.2) is 11.1 Å². The molecule has 0 unspecified atom stereocenters. The van der Waals surface area contributed by atoms with E-state index in [-0.39, 0.29) is 24.4 Å². The van der Waals surface area contributed by atoms with Crippen molar-refractivity contribution in [2.45, 2.75) is 25.2 Å². The lowest BCUT2D eigenvalue weighted by Crippen LogP contribution is -2.53. The summed E-state index contributed by atoms with van der Waals surface area (Å²) < 4.78 is 15.6. The number of cyclic esters (lactones) is 1. The minimum Gasteiger partial charge on any atom is -0.458 e. The zero-order valence-electron chi connectivity index (χ0n) is 10.6. The zero-order chi connectivity index (χ0) is 13.5. The first-order valence-electron chi connectivity index (χ1n) is 5.67. The Morgan fingerprint density at radius 1 is 1.44 bits per heavy atom. The molecule has 6 nitrogen and oxygen atoms in total. The number of ketones is 1. The topological polar surface area (TPSA) is 82.1 Å². The van der Waals surface area contributed by atoms with Crippen LogP contribution in [-0.4, -0.2) is 49.6 Å². The summed E-state index contributed by atoms with van der Waals surface area (Å²) in [7, 11) is 2.74. The highest BCUT2D eigenvalue weighted by molar-refractivity contribution is 5.96. The van der Waals surface area contributed by atoms with Gasteiger partial charge in [-0.15, -0.1) is 0 Å². The third kappa shape index (κ3) is 1.60. The average molecular weight is 256 g/mol. The summed E-state index contributed by atoms with van der Waals surface area (Å²) in [4.78, 5) is 23.5. The van der Waals surface area contributed by atoms with Crippen LogP contribution in [-0.2, 0) is 23.8 Å². The van der Waals surface area contributed by atoms with E-state index in [9.17, 15) is 14.7 Å². The van der Waals surface area contributed by atoms with Crippen molar-refractivity contribution < 1.29 is 28.9 Å². The summed E-state index contributed by atoms with van der Waals surface area (Å²) >= 11 is 0. The predicted octanol–water partition coefficient (Wildman–Crippen LogP) is -0.201. The number of esters is 1. The molecule has 2 aliphatic rings. The number of rotatable bonds is 3. The second kappa shape index (κ2) is 4.46. The van der Waals surface area contributed by atoms with Crippen molar-refractivity contribution in [3.8, 4) is 0 Å². The molecule has 18 heavy (non-hydrogen) atoms. The summed E-state index contributed by atoms with van der Waals surface area (Å²) in [5.41, 5.74) is 0.577. The Bertz CT molecular complexity index is 420. The minimum atomic E-state index is -1.45. The summed E-state index contributed by atoms with van der Waals surface area (Å²) in [6.45, 7) is 1.41. The standard InChI is InChI=1S/C12H16O6/c1-6(13)8-4-9(14)7-5-18-11(15)10(7)12(8,16-2)17-3/h8-9,14H,4-5H2,1-3H3/t8-,9+/m0/s1. The molecule has 0 aromatic carbocycles. The molecular weight excluding hydrogens is 240 g/mol. The molecule has 0 aromatic rings. The maximum atomic E-state index is 11.8. The van der Waals surface area contributed by atoms with E-state index in [0.717, 1.165) is 0 Å². The lowest BCUT2D eigenvalue weighted by atomic mass is 9.76. The Balaban J connectivity index is 2.59. The molecule has 0 fully saturated rings. The maximum absolute atomic E-state index is 11.8. The molecule has 0 saturated carbocycles. The van der Waals surface area contributed by atoms with Gasteiger partial charge in [0.25, 0.3) is 0 Å². The second-order valence-electron chi connectivity index (χ2n) is 4.47. The number of aliphatic hydroxyl groups excluding tert-OH is 1. The van der Waals surface area contributed by atoms with Gasteiger partial charge < -0.3 is 19.3 Å². The Morgan fingerprint density at radius 2 is 2.06 bits per heavy atom. The second-order valence-corrected chi connectivity index (χ2v) is 4.47. The van der Waals surface area contributed by atoms with Crippen LogP contribution in [0, 0.1) is 5.92 Å². The molecule has 1 heterocycles. The zero-order valence-corrected chi connectivity index (χ0v) is 10.6. The maximum Gasteiger partial charge on any atom is 0.340 e. The van der Waals surface area contributed by atoms with Gasteiger partial charge in [0, 0.05) is 19.8 Å². The first-order chi connectivity index (χ1) is 8.47. The normalized spacial score (nSPS) is 30.1. The average Bonchev–Trinajstić information content (AvgIpc) is 2.73. The number of hydrogen-bond donors (Lipinski definition) is 1. The number of ether oxygens (including phenoxy) is 3. The fraction of sp³-hybridized carbons (Fsp3) is 0.667. The molecule has 0 bridgehead atoms. The summed E-state index contributed by atoms with van der Waals surface area (Å²) in [5, 5.41) is 9.99. The van der Waals surface area contributed by atoms with Gasteiger partial charge in [0.2, 0.25) is 5.79 Å². The van der Waals surface area contributed by atoms with Crippen LogP contribution in [0.25, 0.3) is 0 Å². The molecule has 2 atom stereocenters. The smallest absolute Gasteiger partial charge is 0.340 e. The molecule has 6 heteroatoms. The molecule has 100 valence electrons. The van der Waals surface area contributed by atoms with Crippen molar-refractivity contribution in [2.24, 2.45) is 5.92 Å². The van der Waals surface area contributed by atoms with E-state index in [2.05, 4.69) is 0 Å². The van der Waals surface area contributed by atoms with Crippen LogP contribution in [0.4, 0.5) is 0 Å². The van der Waals surface area contributed by atoms with Gasteiger partial charge in [0.05, 0.1) is 12.0 Å². The third-order valence-electron chi connectivity index (χ3n) is 3.65. The van der Waals surface area contributed by atoms with Crippen molar-refractivity contribution in [1.82, 2.24) is 0 Å². The van der Waals surface area contributed by atoms with Crippen molar-refractivity contribution in [2.75, 3.05) is 20.8 Å². The van der Waals surface area contributed by atoms with Crippen LogP contribution in [0.3, 0.4) is 0 Å². The Kier molecular flexibility index (Phi) is 3.27. The van der Waals surface area contributed by atoms with Crippen LogP contribution < -0.4 is 0 Å². The van der Waals surface area contributed by atoms with Crippen molar-refractivity contribution in [3.05, 3.63) is 11.1 Å². The van der Waals surface area contributed by atoms with E-state index in [1.807, 2.05) is 0 Å². The van der Waals surface area contributed by atoms with Crippen LogP contribution in [0.1, 0.15) is 13.3 Å². The van der Waals surface area contributed by atoms with Crippen molar-refractivity contribution >= 4 is 11.8 Å². The van der Waals surface area contributed by atoms with Gasteiger partial charge in [-0.3, -0.25) is 4.79 Å². The molecule has 2 rings (SSSR count). The quantitative estimate of drug-likeness (QED) is 0.556. The Morgan fingerprint density at radius 3 is 2.56 bits per heavy atom. The van der Waals surface area contributed by atoms with E-state index >= 15 is 0 Å². The third-order valence-corrected chi connectivity index (χ3v) is 3.65. The summed E-state index contributed by atoms with van der Waals surface area (Å²) in [5.74, 6) is -2.98. The van der Waals surface area contributed by atoms with Gasteiger partial charge in [-0.2, -0.15) is 0 Å². The molecule has 1 N–H and O–H groups in total. The number of methoxy groups -OCH3 is 2. The molecule has 0 radical (unpaired) electrons.